The molecule has 0 spiro atoms. The molecule has 0 aromatic rings. The van der Waals surface area contributed by atoms with Crippen LogP contribution in [-0.2, 0) is 9.59 Å². The molecule has 4 aliphatic carbocycles. The van der Waals surface area contributed by atoms with Crippen LogP contribution < -0.4 is 0 Å². The first-order valence-corrected chi connectivity index (χ1v) is 10.5. The number of carbonyl (C=O) groups excluding carboxylic acids is 2. The molecule has 8 atom stereocenters. The molecule has 4 rings (SSSR count). The van der Waals surface area contributed by atoms with Gasteiger partial charge >= 0.3 is 0 Å². The number of hydrogen-bond donors (Lipinski definition) is 1. The summed E-state index contributed by atoms with van der Waals surface area (Å²) in [5.74, 6) is 2.24. The number of carbonyl (C=O) groups is 2. The first-order chi connectivity index (χ1) is 12.1. The molecule has 3 nitrogen and oxygen atoms in total. The normalized spacial score (nSPS) is 53.4. The van der Waals surface area contributed by atoms with Gasteiger partial charge in [-0.3, -0.25) is 9.59 Å². The standard InChI is InChI=1S/C23H34O3/c1-13-10-17-18(21(4)8-6-16(25)12-19(13)21)7-9-22(5)20(17)11-14(2)23(22,26)15(3)24/h12-14,17-18,20,26H,6-11H2,1-5H3/t13?,14?,17-,18+,20+,21-,22+,23+/m1/s1. The zero-order chi connectivity index (χ0) is 19.1. The van der Waals surface area contributed by atoms with E-state index in [0.29, 0.717) is 35.9 Å². The van der Waals surface area contributed by atoms with Crippen LogP contribution in [0, 0.1) is 40.4 Å². The van der Waals surface area contributed by atoms with Crippen molar-refractivity contribution in [3.05, 3.63) is 11.6 Å². The lowest BCUT2D eigenvalue weighted by molar-refractivity contribution is -0.166. The van der Waals surface area contributed by atoms with E-state index in [2.05, 4.69) is 27.7 Å². The van der Waals surface area contributed by atoms with E-state index < -0.39 is 5.60 Å². The van der Waals surface area contributed by atoms with Crippen LogP contribution >= 0.6 is 0 Å². The van der Waals surface area contributed by atoms with Crippen molar-refractivity contribution in [2.75, 3.05) is 0 Å². The van der Waals surface area contributed by atoms with Crippen LogP contribution in [-0.4, -0.2) is 22.3 Å². The summed E-state index contributed by atoms with van der Waals surface area (Å²) in [6.07, 6.45) is 7.64. The van der Waals surface area contributed by atoms with Gasteiger partial charge < -0.3 is 5.11 Å². The number of hydrogen-bond acceptors (Lipinski definition) is 3. The molecule has 26 heavy (non-hydrogen) atoms. The summed E-state index contributed by atoms with van der Waals surface area (Å²) < 4.78 is 0. The highest BCUT2D eigenvalue weighted by Gasteiger charge is 2.68. The first-order valence-electron chi connectivity index (χ1n) is 10.5. The maximum absolute atomic E-state index is 12.5. The summed E-state index contributed by atoms with van der Waals surface area (Å²) in [6.45, 7) is 10.5. The molecule has 0 aromatic carbocycles. The quantitative estimate of drug-likeness (QED) is 0.759. The average molecular weight is 359 g/mol. The fraction of sp³-hybridized carbons (Fsp3) is 0.826. The second-order valence-corrected chi connectivity index (χ2v) is 10.4. The van der Waals surface area contributed by atoms with E-state index in [9.17, 15) is 14.7 Å². The first kappa shape index (κ1) is 18.4. The molecule has 0 saturated heterocycles. The van der Waals surface area contributed by atoms with Crippen molar-refractivity contribution >= 4 is 11.6 Å². The Balaban J connectivity index is 1.76. The van der Waals surface area contributed by atoms with Gasteiger partial charge in [0, 0.05) is 11.8 Å². The van der Waals surface area contributed by atoms with Gasteiger partial charge in [-0.2, -0.15) is 0 Å². The number of Topliss-reactive ketones (excluding diaryl/α,β-unsaturated/α-hetero) is 1. The molecule has 0 radical (unpaired) electrons. The zero-order valence-corrected chi connectivity index (χ0v) is 17.0. The van der Waals surface area contributed by atoms with Gasteiger partial charge in [0.1, 0.15) is 5.60 Å². The highest BCUT2D eigenvalue weighted by Crippen LogP contribution is 2.69. The van der Waals surface area contributed by atoms with Crippen molar-refractivity contribution in [2.24, 2.45) is 40.4 Å². The number of aliphatic hydroxyl groups is 1. The van der Waals surface area contributed by atoms with E-state index in [1.807, 2.05) is 6.08 Å². The zero-order valence-electron chi connectivity index (χ0n) is 17.0. The number of ketones is 2. The number of allylic oxidation sites excluding steroid dienone is 1. The van der Waals surface area contributed by atoms with Gasteiger partial charge in [-0.05, 0) is 80.1 Å². The minimum Gasteiger partial charge on any atom is -0.381 e. The fourth-order valence-corrected chi connectivity index (χ4v) is 8.08. The van der Waals surface area contributed by atoms with Gasteiger partial charge in [0.25, 0.3) is 0 Å². The molecule has 3 saturated carbocycles. The minimum absolute atomic E-state index is 0.0294. The molecule has 0 heterocycles. The number of rotatable bonds is 1. The lowest BCUT2D eigenvalue weighted by Gasteiger charge is -2.60. The largest absolute Gasteiger partial charge is 0.381 e. The van der Waals surface area contributed by atoms with Crippen LogP contribution in [0.3, 0.4) is 0 Å². The minimum atomic E-state index is -1.18. The highest BCUT2D eigenvalue weighted by molar-refractivity contribution is 5.91. The predicted octanol–water partition coefficient (Wildman–Crippen LogP) is 4.33. The summed E-state index contributed by atoms with van der Waals surface area (Å²) in [5, 5.41) is 11.5. The van der Waals surface area contributed by atoms with Crippen molar-refractivity contribution in [1.29, 1.82) is 0 Å². The van der Waals surface area contributed by atoms with Crippen LogP contribution in [0.5, 0.6) is 0 Å². The summed E-state index contributed by atoms with van der Waals surface area (Å²) >= 11 is 0. The Hall–Kier alpha value is -0.960. The van der Waals surface area contributed by atoms with Gasteiger partial charge in [-0.15, -0.1) is 0 Å². The second-order valence-electron chi connectivity index (χ2n) is 10.4. The summed E-state index contributed by atoms with van der Waals surface area (Å²) in [6, 6.07) is 0. The van der Waals surface area contributed by atoms with E-state index in [1.54, 1.807) is 6.92 Å². The Bertz CT molecular complexity index is 694. The van der Waals surface area contributed by atoms with Gasteiger partial charge in [-0.1, -0.05) is 33.3 Å². The molecule has 0 bridgehead atoms. The molecule has 4 aliphatic rings. The van der Waals surface area contributed by atoms with E-state index in [1.165, 1.54) is 5.57 Å². The molecule has 0 aliphatic heterocycles. The SMILES string of the molecule is CC(=O)[C@@]1(O)C(C)C[C@H]2[C@@H]3CC(C)C4=CC(=O)CC[C@]4(C)[C@H]3CC[C@@]21C. The Morgan fingerprint density at radius 2 is 1.85 bits per heavy atom. The van der Waals surface area contributed by atoms with Crippen LogP contribution in [0.15, 0.2) is 11.6 Å². The Morgan fingerprint density at radius 1 is 1.15 bits per heavy atom. The second kappa shape index (κ2) is 5.53. The Kier molecular flexibility index (Phi) is 3.91. The molecule has 0 amide bonds. The van der Waals surface area contributed by atoms with E-state index in [4.69, 9.17) is 0 Å². The van der Waals surface area contributed by atoms with Gasteiger partial charge in [-0.25, -0.2) is 0 Å². The van der Waals surface area contributed by atoms with E-state index >= 15 is 0 Å². The summed E-state index contributed by atoms with van der Waals surface area (Å²) in [4.78, 5) is 24.5. The molecule has 144 valence electrons. The summed E-state index contributed by atoms with van der Waals surface area (Å²) in [7, 11) is 0. The van der Waals surface area contributed by atoms with Crippen LogP contribution in [0.25, 0.3) is 0 Å². The van der Waals surface area contributed by atoms with Crippen molar-refractivity contribution in [3.8, 4) is 0 Å². The molecule has 3 heteroatoms. The third-order valence-electron chi connectivity index (χ3n) is 9.40. The predicted molar refractivity (Wildman–Crippen MR) is 101 cm³/mol. The molecule has 0 aromatic heterocycles. The van der Waals surface area contributed by atoms with Crippen LogP contribution in [0.4, 0.5) is 0 Å². The highest BCUT2D eigenvalue weighted by atomic mass is 16.3. The van der Waals surface area contributed by atoms with Gasteiger partial charge in [0.05, 0.1) is 0 Å². The topological polar surface area (TPSA) is 54.4 Å². The van der Waals surface area contributed by atoms with Crippen LogP contribution in [0.2, 0.25) is 0 Å². The van der Waals surface area contributed by atoms with E-state index in [-0.39, 0.29) is 22.5 Å². The van der Waals surface area contributed by atoms with Crippen molar-refractivity contribution in [3.63, 3.8) is 0 Å². The Labute approximate surface area is 157 Å². The molecule has 2 unspecified atom stereocenters. The van der Waals surface area contributed by atoms with E-state index in [0.717, 1.165) is 32.1 Å². The fourth-order valence-electron chi connectivity index (χ4n) is 8.08. The molecule has 3 fully saturated rings. The third kappa shape index (κ3) is 2.04. The molecular formula is C23H34O3. The maximum Gasteiger partial charge on any atom is 0.162 e. The third-order valence-corrected chi connectivity index (χ3v) is 9.40. The molecular weight excluding hydrogens is 324 g/mol. The molecule has 1 N–H and O–H groups in total. The van der Waals surface area contributed by atoms with Crippen LogP contribution in [0.1, 0.15) is 73.1 Å². The smallest absolute Gasteiger partial charge is 0.162 e. The lowest BCUT2D eigenvalue weighted by atomic mass is 9.44. The lowest BCUT2D eigenvalue weighted by Crippen LogP contribution is -2.59. The van der Waals surface area contributed by atoms with Crippen molar-refractivity contribution in [2.45, 2.75) is 78.7 Å². The maximum atomic E-state index is 12.5. The monoisotopic (exact) mass is 358 g/mol. The van der Waals surface area contributed by atoms with Gasteiger partial charge in [0.15, 0.2) is 11.6 Å². The van der Waals surface area contributed by atoms with Crippen molar-refractivity contribution < 1.29 is 14.7 Å². The van der Waals surface area contributed by atoms with Gasteiger partial charge in [0.2, 0.25) is 0 Å². The Morgan fingerprint density at radius 3 is 2.50 bits per heavy atom. The summed E-state index contributed by atoms with van der Waals surface area (Å²) in [5.41, 5.74) is 0.0242. The number of fused-ring (bicyclic) bond motifs is 5. The average Bonchev–Trinajstić information content (AvgIpc) is 2.78. The van der Waals surface area contributed by atoms with Crippen molar-refractivity contribution in [1.82, 2.24) is 0 Å².